The predicted molar refractivity (Wildman–Crippen MR) is 306 cm³/mol. The standard InChI is InChI=1S/C64H105NO8/c1-6-8-10-12-14-16-18-19-20-21-22-23-24-25-26-27-28-29-30-31-32-33-34-35-36-37-38-39-40-41-42-43-45-47-49-51-53-55-62(67)73-60(59-72-64(63(68)69)70-57-56-65(3,4)5)58-71-61(66)54-52-50-48-46-44-17-15-13-11-9-7-2/h8,10,14,16,19-20,22-23,25-26,28-29,31-32,34-35,37-38,40-41,60,64H,6-7,9,11-13,15,17-18,21,24,27,30,33,36,39,42-59H2,1-5H3/b10-8-,16-14-,20-19-,23-22-,26-25-,29-28-,32-31-,35-34-,38-37-,41-40-. The summed E-state index contributed by atoms with van der Waals surface area (Å²) in [5.74, 6) is -2.32. The van der Waals surface area contributed by atoms with Crippen molar-refractivity contribution in [1.82, 2.24) is 0 Å². The molecule has 0 saturated carbocycles. The van der Waals surface area contributed by atoms with E-state index in [0.717, 1.165) is 122 Å². The van der Waals surface area contributed by atoms with Crippen LogP contribution < -0.4 is 5.11 Å². The lowest BCUT2D eigenvalue weighted by atomic mass is 10.1. The number of nitrogens with zero attached hydrogens (tertiary/aromatic N) is 1. The number of carbonyl (C=O) groups excluding carboxylic acids is 3. The SMILES string of the molecule is CC/C=C\C/C=C\C/C=C\C/C=C\C/C=C\C/C=C\C/C=C\C/C=C\C/C=C\C/C=C\CCCCCCCCC(=O)OC(COC(=O)CCCCCCCCCCCCC)COC(OCC[N+](C)(C)C)C(=O)[O-]. The van der Waals surface area contributed by atoms with Crippen molar-refractivity contribution >= 4 is 17.9 Å². The van der Waals surface area contributed by atoms with Gasteiger partial charge in [0.25, 0.3) is 0 Å². The van der Waals surface area contributed by atoms with Gasteiger partial charge in [0.15, 0.2) is 12.4 Å². The third kappa shape index (κ3) is 55.3. The van der Waals surface area contributed by atoms with Crippen LogP contribution in [-0.2, 0) is 33.3 Å². The van der Waals surface area contributed by atoms with Gasteiger partial charge in [-0.2, -0.15) is 0 Å². The van der Waals surface area contributed by atoms with E-state index in [1.807, 2.05) is 21.1 Å². The number of unbranched alkanes of at least 4 members (excludes halogenated alkanes) is 16. The van der Waals surface area contributed by atoms with Gasteiger partial charge in [-0.15, -0.1) is 0 Å². The number of carboxylic acid groups (broad SMARTS) is 1. The monoisotopic (exact) mass is 1020 g/mol. The highest BCUT2D eigenvalue weighted by molar-refractivity contribution is 5.70. The van der Waals surface area contributed by atoms with Crippen LogP contribution in [0.5, 0.6) is 0 Å². The van der Waals surface area contributed by atoms with Crippen LogP contribution >= 0.6 is 0 Å². The summed E-state index contributed by atoms with van der Waals surface area (Å²) in [6.45, 7) is 4.58. The zero-order valence-electron chi connectivity index (χ0n) is 47.0. The van der Waals surface area contributed by atoms with E-state index >= 15 is 0 Å². The van der Waals surface area contributed by atoms with Crippen LogP contribution in [0.4, 0.5) is 0 Å². The van der Waals surface area contributed by atoms with Gasteiger partial charge in [-0.1, -0.05) is 225 Å². The molecule has 0 N–H and O–H groups in total. The first kappa shape index (κ1) is 68.7. The number of ether oxygens (including phenoxy) is 4. The van der Waals surface area contributed by atoms with Crippen LogP contribution in [0.15, 0.2) is 122 Å². The normalized spacial score (nSPS) is 13.7. The Morgan fingerprint density at radius 3 is 1.16 bits per heavy atom. The molecule has 0 amide bonds. The molecular weight excluding hydrogens is 911 g/mol. The van der Waals surface area contributed by atoms with Gasteiger partial charge in [0.1, 0.15) is 13.2 Å². The molecule has 0 rings (SSSR count). The highest BCUT2D eigenvalue weighted by Crippen LogP contribution is 2.14. The van der Waals surface area contributed by atoms with Crippen LogP contribution in [0.2, 0.25) is 0 Å². The van der Waals surface area contributed by atoms with Crippen molar-refractivity contribution in [2.75, 3.05) is 47.5 Å². The fourth-order valence-electron chi connectivity index (χ4n) is 7.33. The number of carbonyl (C=O) groups is 3. The molecule has 73 heavy (non-hydrogen) atoms. The molecule has 0 aliphatic rings. The average Bonchev–Trinajstić information content (AvgIpc) is 3.36. The third-order valence-corrected chi connectivity index (χ3v) is 11.7. The molecule has 9 nitrogen and oxygen atoms in total. The predicted octanol–water partition coefficient (Wildman–Crippen LogP) is 15.6. The average molecular weight is 1020 g/mol. The Bertz CT molecular complexity index is 1610. The third-order valence-electron chi connectivity index (χ3n) is 11.7. The van der Waals surface area contributed by atoms with Crippen molar-refractivity contribution < 1.29 is 42.9 Å². The molecule has 0 bridgehead atoms. The summed E-state index contributed by atoms with van der Waals surface area (Å²) in [5, 5.41) is 11.7. The molecule has 0 aromatic heterocycles. The summed E-state index contributed by atoms with van der Waals surface area (Å²) in [4.78, 5) is 37.1. The summed E-state index contributed by atoms with van der Waals surface area (Å²) in [6, 6.07) is 0. The smallest absolute Gasteiger partial charge is 0.306 e. The maximum Gasteiger partial charge on any atom is 0.306 e. The molecule has 2 unspecified atom stereocenters. The summed E-state index contributed by atoms with van der Waals surface area (Å²) < 4.78 is 22.6. The van der Waals surface area contributed by atoms with E-state index in [1.165, 1.54) is 51.4 Å². The minimum Gasteiger partial charge on any atom is -0.545 e. The van der Waals surface area contributed by atoms with E-state index in [9.17, 15) is 19.5 Å². The van der Waals surface area contributed by atoms with Crippen molar-refractivity contribution in [3.05, 3.63) is 122 Å². The number of aliphatic carboxylic acids is 1. The van der Waals surface area contributed by atoms with Crippen LogP contribution in [0.3, 0.4) is 0 Å². The lowest BCUT2D eigenvalue weighted by Gasteiger charge is -2.26. The Labute approximate surface area is 447 Å². The van der Waals surface area contributed by atoms with Crippen LogP contribution in [0.25, 0.3) is 0 Å². The van der Waals surface area contributed by atoms with Crippen molar-refractivity contribution in [1.29, 1.82) is 0 Å². The zero-order chi connectivity index (χ0) is 53.4. The first-order valence-corrected chi connectivity index (χ1v) is 28.7. The van der Waals surface area contributed by atoms with E-state index in [0.29, 0.717) is 17.4 Å². The highest BCUT2D eigenvalue weighted by Gasteiger charge is 2.22. The Hall–Kier alpha value is -4.31. The molecule has 2 atom stereocenters. The largest absolute Gasteiger partial charge is 0.545 e. The molecular formula is C64H105NO8. The van der Waals surface area contributed by atoms with E-state index < -0.39 is 24.3 Å². The molecule has 0 aromatic carbocycles. The van der Waals surface area contributed by atoms with Crippen LogP contribution in [0.1, 0.15) is 206 Å². The number of allylic oxidation sites excluding steroid dienone is 20. The molecule has 0 aromatic rings. The number of carboxylic acids is 1. The van der Waals surface area contributed by atoms with Gasteiger partial charge < -0.3 is 33.3 Å². The summed E-state index contributed by atoms with van der Waals surface area (Å²) in [6.07, 6.45) is 72.6. The molecule has 0 aliphatic carbocycles. The second-order valence-electron chi connectivity index (χ2n) is 19.9. The Morgan fingerprint density at radius 1 is 0.425 bits per heavy atom. The van der Waals surface area contributed by atoms with E-state index in [-0.39, 0.29) is 38.6 Å². The molecule has 0 aliphatic heterocycles. The summed E-state index contributed by atoms with van der Waals surface area (Å²) >= 11 is 0. The lowest BCUT2D eigenvalue weighted by Crippen LogP contribution is -2.44. The number of hydrogen-bond donors (Lipinski definition) is 0. The van der Waals surface area contributed by atoms with Gasteiger partial charge in [-0.05, 0) is 89.9 Å². The molecule has 414 valence electrons. The van der Waals surface area contributed by atoms with E-state index in [2.05, 4.69) is 135 Å². The molecule has 0 fully saturated rings. The first-order valence-electron chi connectivity index (χ1n) is 28.7. The van der Waals surface area contributed by atoms with Gasteiger partial charge in [0, 0.05) is 12.8 Å². The second-order valence-corrected chi connectivity index (χ2v) is 19.9. The Morgan fingerprint density at radius 2 is 0.781 bits per heavy atom. The fraction of sp³-hybridized carbons (Fsp3) is 0.641. The van der Waals surface area contributed by atoms with Crippen molar-refractivity contribution in [2.24, 2.45) is 0 Å². The highest BCUT2D eigenvalue weighted by atomic mass is 16.7. The Kier molecular flexibility index (Phi) is 50.8. The first-order chi connectivity index (χ1) is 35.6. The van der Waals surface area contributed by atoms with Crippen LogP contribution in [0, 0.1) is 0 Å². The molecule has 0 spiro atoms. The van der Waals surface area contributed by atoms with E-state index in [1.54, 1.807) is 0 Å². The van der Waals surface area contributed by atoms with Crippen molar-refractivity contribution in [2.45, 2.75) is 219 Å². The summed E-state index contributed by atoms with van der Waals surface area (Å²) in [5.41, 5.74) is 0. The van der Waals surface area contributed by atoms with Crippen molar-refractivity contribution in [3.63, 3.8) is 0 Å². The molecule has 0 saturated heterocycles. The number of rotatable bonds is 51. The van der Waals surface area contributed by atoms with Gasteiger partial charge in [-0.3, -0.25) is 9.59 Å². The quantitative estimate of drug-likeness (QED) is 0.0195. The number of esters is 2. The minimum atomic E-state index is -1.63. The summed E-state index contributed by atoms with van der Waals surface area (Å²) in [7, 11) is 5.90. The van der Waals surface area contributed by atoms with Gasteiger partial charge in [0.2, 0.25) is 0 Å². The fourth-order valence-corrected chi connectivity index (χ4v) is 7.33. The maximum atomic E-state index is 12.8. The zero-order valence-corrected chi connectivity index (χ0v) is 47.0. The van der Waals surface area contributed by atoms with E-state index in [4.69, 9.17) is 18.9 Å². The number of likely N-dealkylation sites (N-methyl/N-ethyl adjacent to an activating group) is 1. The Balaban J connectivity index is 4.21. The molecule has 9 heteroatoms. The topological polar surface area (TPSA) is 111 Å². The van der Waals surface area contributed by atoms with Crippen molar-refractivity contribution in [3.8, 4) is 0 Å². The second kappa shape index (κ2) is 54.0. The molecule has 0 heterocycles. The minimum absolute atomic E-state index is 0.140. The number of hydrogen-bond acceptors (Lipinski definition) is 8. The number of quaternary nitrogens is 1. The van der Waals surface area contributed by atoms with Gasteiger partial charge in [0.05, 0.1) is 40.3 Å². The van der Waals surface area contributed by atoms with Gasteiger partial charge >= 0.3 is 11.9 Å². The lowest BCUT2D eigenvalue weighted by molar-refractivity contribution is -0.870. The molecule has 0 radical (unpaired) electrons. The van der Waals surface area contributed by atoms with Gasteiger partial charge in [-0.25, -0.2) is 0 Å². The van der Waals surface area contributed by atoms with Crippen LogP contribution in [-0.4, -0.2) is 82.3 Å². The maximum absolute atomic E-state index is 12.8.